The number of Topliss-reactive ketones (excluding diaryl/α,β-unsaturated/α-hetero) is 1. The highest BCUT2D eigenvalue weighted by atomic mass is 16.5. The standard InChI is InChI=1S/C14H18O2/c1-16-14-5-3-2-4-12(14)10-13(15)9-8-11-6-7-11/h2-5,11H,6-10H2,1H3. The molecule has 0 radical (unpaired) electrons. The summed E-state index contributed by atoms with van der Waals surface area (Å²) < 4.78 is 5.23. The fourth-order valence-electron chi connectivity index (χ4n) is 1.92. The van der Waals surface area contributed by atoms with E-state index in [1.54, 1.807) is 7.11 Å². The molecule has 16 heavy (non-hydrogen) atoms. The normalized spacial score (nSPS) is 14.8. The molecule has 1 aromatic rings. The van der Waals surface area contributed by atoms with Gasteiger partial charge in [0.1, 0.15) is 11.5 Å². The molecular weight excluding hydrogens is 200 g/mol. The number of carbonyl (C=O) groups is 1. The third kappa shape index (κ3) is 3.09. The van der Waals surface area contributed by atoms with Crippen molar-refractivity contribution in [3.8, 4) is 5.75 Å². The predicted octanol–water partition coefficient (Wildman–Crippen LogP) is 3.00. The van der Waals surface area contributed by atoms with Gasteiger partial charge in [-0.25, -0.2) is 0 Å². The molecule has 1 aromatic carbocycles. The monoisotopic (exact) mass is 218 g/mol. The highest BCUT2D eigenvalue weighted by Crippen LogP contribution is 2.33. The third-order valence-electron chi connectivity index (χ3n) is 3.11. The van der Waals surface area contributed by atoms with E-state index in [-0.39, 0.29) is 0 Å². The van der Waals surface area contributed by atoms with Crippen molar-refractivity contribution in [3.05, 3.63) is 29.8 Å². The van der Waals surface area contributed by atoms with Crippen LogP contribution in [0.5, 0.6) is 5.75 Å². The van der Waals surface area contributed by atoms with Crippen LogP contribution < -0.4 is 4.74 Å². The van der Waals surface area contributed by atoms with Crippen LogP contribution in [-0.2, 0) is 11.2 Å². The number of hydrogen-bond acceptors (Lipinski definition) is 2. The van der Waals surface area contributed by atoms with E-state index in [4.69, 9.17) is 4.74 Å². The van der Waals surface area contributed by atoms with Gasteiger partial charge in [0.15, 0.2) is 0 Å². The van der Waals surface area contributed by atoms with Crippen LogP contribution >= 0.6 is 0 Å². The highest BCUT2D eigenvalue weighted by molar-refractivity contribution is 5.81. The smallest absolute Gasteiger partial charge is 0.137 e. The van der Waals surface area contributed by atoms with Gasteiger partial charge in [-0.2, -0.15) is 0 Å². The highest BCUT2D eigenvalue weighted by Gasteiger charge is 2.21. The summed E-state index contributed by atoms with van der Waals surface area (Å²) >= 11 is 0. The van der Waals surface area contributed by atoms with E-state index in [0.29, 0.717) is 12.2 Å². The van der Waals surface area contributed by atoms with Crippen LogP contribution in [0, 0.1) is 5.92 Å². The number of methoxy groups -OCH3 is 1. The first-order chi connectivity index (χ1) is 7.79. The van der Waals surface area contributed by atoms with Gasteiger partial charge in [-0.1, -0.05) is 31.0 Å². The van der Waals surface area contributed by atoms with E-state index < -0.39 is 0 Å². The molecule has 2 nitrogen and oxygen atoms in total. The van der Waals surface area contributed by atoms with E-state index in [0.717, 1.165) is 30.1 Å². The molecule has 0 aliphatic heterocycles. The fraction of sp³-hybridized carbons (Fsp3) is 0.500. The van der Waals surface area contributed by atoms with Crippen molar-refractivity contribution in [2.24, 2.45) is 5.92 Å². The minimum absolute atomic E-state index is 0.330. The van der Waals surface area contributed by atoms with Crippen LogP contribution in [-0.4, -0.2) is 12.9 Å². The van der Waals surface area contributed by atoms with Crippen LogP contribution in [0.1, 0.15) is 31.2 Å². The van der Waals surface area contributed by atoms with Gasteiger partial charge in [-0.3, -0.25) is 4.79 Å². The maximum absolute atomic E-state index is 11.8. The van der Waals surface area contributed by atoms with E-state index >= 15 is 0 Å². The quantitative estimate of drug-likeness (QED) is 0.733. The Balaban J connectivity index is 1.88. The molecule has 0 amide bonds. The maximum atomic E-state index is 11.8. The van der Waals surface area contributed by atoms with Crippen LogP contribution in [0.4, 0.5) is 0 Å². The number of ketones is 1. The van der Waals surface area contributed by atoms with Crippen molar-refractivity contribution in [3.63, 3.8) is 0 Å². The summed E-state index contributed by atoms with van der Waals surface area (Å²) in [5.41, 5.74) is 1.01. The Morgan fingerprint density at radius 1 is 1.38 bits per heavy atom. The first-order valence-corrected chi connectivity index (χ1v) is 5.93. The number of ether oxygens (including phenoxy) is 1. The van der Waals surface area contributed by atoms with Crippen molar-refractivity contribution in [1.29, 1.82) is 0 Å². The number of para-hydroxylation sites is 1. The molecule has 0 spiro atoms. The summed E-state index contributed by atoms with van der Waals surface area (Å²) in [6.45, 7) is 0. The Hall–Kier alpha value is -1.31. The molecule has 86 valence electrons. The zero-order valence-corrected chi connectivity index (χ0v) is 9.74. The molecule has 0 unspecified atom stereocenters. The van der Waals surface area contributed by atoms with Crippen molar-refractivity contribution >= 4 is 5.78 Å². The van der Waals surface area contributed by atoms with Crippen molar-refractivity contribution < 1.29 is 9.53 Å². The molecule has 1 aliphatic rings. The van der Waals surface area contributed by atoms with Crippen LogP contribution in [0.25, 0.3) is 0 Å². The van der Waals surface area contributed by atoms with Crippen LogP contribution in [0.3, 0.4) is 0 Å². The predicted molar refractivity (Wildman–Crippen MR) is 63.7 cm³/mol. The van der Waals surface area contributed by atoms with Crippen molar-refractivity contribution in [2.45, 2.75) is 32.1 Å². The summed E-state index contributed by atoms with van der Waals surface area (Å²) in [5.74, 6) is 1.99. The van der Waals surface area contributed by atoms with Gasteiger partial charge >= 0.3 is 0 Å². The molecule has 2 rings (SSSR count). The van der Waals surface area contributed by atoms with Gasteiger partial charge in [0.2, 0.25) is 0 Å². The molecule has 1 aliphatic carbocycles. The molecule has 0 atom stereocenters. The van der Waals surface area contributed by atoms with Crippen molar-refractivity contribution in [1.82, 2.24) is 0 Å². The minimum atomic E-state index is 0.330. The Morgan fingerprint density at radius 3 is 2.81 bits per heavy atom. The van der Waals surface area contributed by atoms with Crippen molar-refractivity contribution in [2.75, 3.05) is 7.11 Å². The van der Waals surface area contributed by atoms with E-state index in [2.05, 4.69) is 0 Å². The second-order valence-electron chi connectivity index (χ2n) is 4.51. The molecule has 0 bridgehead atoms. The molecule has 0 N–H and O–H groups in total. The largest absolute Gasteiger partial charge is 0.496 e. The number of benzene rings is 1. The lowest BCUT2D eigenvalue weighted by Crippen LogP contribution is -2.04. The summed E-state index contributed by atoms with van der Waals surface area (Å²) in [4.78, 5) is 11.8. The van der Waals surface area contributed by atoms with Gasteiger partial charge in [-0.05, 0) is 18.4 Å². The summed E-state index contributed by atoms with van der Waals surface area (Å²) in [6, 6.07) is 7.75. The van der Waals surface area contributed by atoms with Gasteiger partial charge in [0.25, 0.3) is 0 Å². The maximum Gasteiger partial charge on any atom is 0.137 e. The van der Waals surface area contributed by atoms with E-state index in [1.807, 2.05) is 24.3 Å². The molecule has 1 saturated carbocycles. The molecule has 0 aromatic heterocycles. The Labute approximate surface area is 96.6 Å². The molecule has 0 heterocycles. The molecule has 2 heteroatoms. The molecule has 0 saturated heterocycles. The fourth-order valence-corrected chi connectivity index (χ4v) is 1.92. The first kappa shape index (κ1) is 11.2. The lowest BCUT2D eigenvalue weighted by Gasteiger charge is -2.07. The third-order valence-corrected chi connectivity index (χ3v) is 3.11. The number of rotatable bonds is 6. The lowest BCUT2D eigenvalue weighted by atomic mass is 10.0. The van der Waals surface area contributed by atoms with Crippen LogP contribution in [0.15, 0.2) is 24.3 Å². The Kier molecular flexibility index (Phi) is 3.60. The summed E-state index contributed by atoms with van der Waals surface area (Å²) in [7, 11) is 1.65. The summed E-state index contributed by atoms with van der Waals surface area (Å²) in [6.07, 6.45) is 4.96. The second kappa shape index (κ2) is 5.15. The average Bonchev–Trinajstić information content (AvgIpc) is 3.11. The Bertz CT molecular complexity index is 367. The average molecular weight is 218 g/mol. The molecule has 1 fully saturated rings. The van der Waals surface area contributed by atoms with E-state index in [1.165, 1.54) is 12.8 Å². The topological polar surface area (TPSA) is 26.3 Å². The van der Waals surface area contributed by atoms with Gasteiger partial charge in [0, 0.05) is 18.4 Å². The second-order valence-corrected chi connectivity index (χ2v) is 4.51. The lowest BCUT2D eigenvalue weighted by molar-refractivity contribution is -0.118. The summed E-state index contributed by atoms with van der Waals surface area (Å²) in [5, 5.41) is 0. The van der Waals surface area contributed by atoms with E-state index in [9.17, 15) is 4.79 Å². The van der Waals surface area contributed by atoms with Gasteiger partial charge in [0.05, 0.1) is 7.11 Å². The SMILES string of the molecule is COc1ccccc1CC(=O)CCC1CC1. The van der Waals surface area contributed by atoms with Crippen LogP contribution in [0.2, 0.25) is 0 Å². The number of carbonyl (C=O) groups excluding carboxylic acids is 1. The Morgan fingerprint density at radius 2 is 2.12 bits per heavy atom. The van der Waals surface area contributed by atoms with Gasteiger partial charge in [-0.15, -0.1) is 0 Å². The zero-order valence-electron chi connectivity index (χ0n) is 9.74. The minimum Gasteiger partial charge on any atom is -0.496 e. The number of hydrogen-bond donors (Lipinski definition) is 0. The first-order valence-electron chi connectivity index (χ1n) is 5.93. The zero-order chi connectivity index (χ0) is 11.4. The molecular formula is C14H18O2. The van der Waals surface area contributed by atoms with Gasteiger partial charge < -0.3 is 4.74 Å².